The van der Waals surface area contributed by atoms with Crippen LogP contribution in [0.15, 0.2) is 72.0 Å². The highest BCUT2D eigenvalue weighted by atomic mass is 16.4. The van der Waals surface area contributed by atoms with E-state index in [4.69, 9.17) is 0 Å². The van der Waals surface area contributed by atoms with E-state index < -0.39 is 5.97 Å². The van der Waals surface area contributed by atoms with E-state index in [9.17, 15) is 14.7 Å². The predicted octanol–water partition coefficient (Wildman–Crippen LogP) is 4.98. The van der Waals surface area contributed by atoms with E-state index >= 15 is 0 Å². The summed E-state index contributed by atoms with van der Waals surface area (Å²) in [6.45, 7) is 10.9. The Balaban J connectivity index is 2.75. The molecule has 0 bridgehead atoms. The molecule has 0 heterocycles. The SMILES string of the molecule is C=C/C=C(\C=C/C)CCC(C)CN(CC)C(=O)NC1=C(C(=O)O)C=CCC=C1. The van der Waals surface area contributed by atoms with E-state index in [-0.39, 0.29) is 11.6 Å². The van der Waals surface area contributed by atoms with Crippen LogP contribution in [0.2, 0.25) is 0 Å². The minimum atomic E-state index is -1.06. The molecule has 0 spiro atoms. The smallest absolute Gasteiger partial charge is 0.337 e. The van der Waals surface area contributed by atoms with Gasteiger partial charge in [0.1, 0.15) is 0 Å². The van der Waals surface area contributed by atoms with E-state index in [1.54, 1.807) is 23.1 Å². The van der Waals surface area contributed by atoms with Gasteiger partial charge in [0.05, 0.1) is 11.3 Å². The van der Waals surface area contributed by atoms with Crippen molar-refractivity contribution in [2.45, 2.75) is 40.0 Å². The molecule has 0 fully saturated rings. The Bertz CT molecular complexity index is 711. The van der Waals surface area contributed by atoms with Crippen molar-refractivity contribution in [3.05, 3.63) is 72.0 Å². The zero-order chi connectivity index (χ0) is 20.9. The van der Waals surface area contributed by atoms with Crippen molar-refractivity contribution in [3.8, 4) is 0 Å². The zero-order valence-electron chi connectivity index (χ0n) is 17.1. The van der Waals surface area contributed by atoms with Gasteiger partial charge in [-0.3, -0.25) is 0 Å². The Morgan fingerprint density at radius 2 is 2.07 bits per heavy atom. The van der Waals surface area contributed by atoms with Gasteiger partial charge in [-0.1, -0.05) is 50.0 Å². The molecule has 1 rings (SSSR count). The van der Waals surface area contributed by atoms with E-state index in [1.807, 2.05) is 32.1 Å². The van der Waals surface area contributed by atoms with Gasteiger partial charge in [0, 0.05) is 13.1 Å². The Morgan fingerprint density at radius 3 is 2.68 bits per heavy atom. The van der Waals surface area contributed by atoms with Crippen LogP contribution in [0.5, 0.6) is 0 Å². The number of allylic oxidation sites excluding steroid dienone is 8. The highest BCUT2D eigenvalue weighted by Gasteiger charge is 2.19. The molecule has 2 N–H and O–H groups in total. The highest BCUT2D eigenvalue weighted by Crippen LogP contribution is 2.16. The van der Waals surface area contributed by atoms with Crippen molar-refractivity contribution in [2.24, 2.45) is 5.92 Å². The van der Waals surface area contributed by atoms with Gasteiger partial charge < -0.3 is 15.3 Å². The van der Waals surface area contributed by atoms with Crippen LogP contribution in [0, 0.1) is 5.92 Å². The number of rotatable bonds is 10. The van der Waals surface area contributed by atoms with Crippen molar-refractivity contribution >= 4 is 12.0 Å². The molecule has 1 aliphatic carbocycles. The summed E-state index contributed by atoms with van der Waals surface area (Å²) >= 11 is 0. The third-order valence-electron chi connectivity index (χ3n) is 4.44. The Kier molecular flexibility index (Phi) is 10.4. The lowest BCUT2D eigenvalue weighted by Crippen LogP contribution is -2.42. The van der Waals surface area contributed by atoms with Gasteiger partial charge in [0.25, 0.3) is 0 Å². The van der Waals surface area contributed by atoms with Crippen LogP contribution in [-0.4, -0.2) is 35.1 Å². The van der Waals surface area contributed by atoms with Crippen LogP contribution in [0.1, 0.15) is 40.0 Å². The predicted molar refractivity (Wildman–Crippen MR) is 115 cm³/mol. The summed E-state index contributed by atoms with van der Waals surface area (Å²) in [5.74, 6) is -0.748. The molecule has 0 aromatic carbocycles. The maximum absolute atomic E-state index is 12.7. The van der Waals surface area contributed by atoms with Crippen LogP contribution in [-0.2, 0) is 4.79 Å². The molecule has 0 aromatic rings. The van der Waals surface area contributed by atoms with Gasteiger partial charge in [-0.05, 0) is 56.8 Å². The molecule has 5 heteroatoms. The highest BCUT2D eigenvalue weighted by molar-refractivity contribution is 5.92. The molecule has 0 aliphatic heterocycles. The minimum Gasteiger partial charge on any atom is -0.478 e. The van der Waals surface area contributed by atoms with Gasteiger partial charge in [0.2, 0.25) is 0 Å². The molecule has 1 unspecified atom stereocenters. The van der Waals surface area contributed by atoms with Crippen LogP contribution in [0.25, 0.3) is 0 Å². The number of carbonyl (C=O) groups is 2. The van der Waals surface area contributed by atoms with E-state index in [2.05, 4.69) is 24.9 Å². The molecule has 2 amide bonds. The fourth-order valence-corrected chi connectivity index (χ4v) is 2.94. The fourth-order valence-electron chi connectivity index (χ4n) is 2.94. The van der Waals surface area contributed by atoms with Crippen molar-refractivity contribution in [2.75, 3.05) is 13.1 Å². The van der Waals surface area contributed by atoms with Gasteiger partial charge >= 0.3 is 12.0 Å². The van der Waals surface area contributed by atoms with Gasteiger partial charge in [-0.25, -0.2) is 9.59 Å². The quantitative estimate of drug-likeness (QED) is 0.522. The number of nitrogens with one attached hydrogen (secondary N) is 1. The molecule has 28 heavy (non-hydrogen) atoms. The molecule has 0 saturated heterocycles. The normalized spacial score (nSPS) is 15.5. The molecule has 5 nitrogen and oxygen atoms in total. The van der Waals surface area contributed by atoms with Gasteiger partial charge in [0.15, 0.2) is 0 Å². The van der Waals surface area contributed by atoms with Crippen molar-refractivity contribution in [1.82, 2.24) is 10.2 Å². The van der Waals surface area contributed by atoms with E-state index in [0.29, 0.717) is 31.1 Å². The van der Waals surface area contributed by atoms with Crippen molar-refractivity contribution in [1.29, 1.82) is 0 Å². The summed E-state index contributed by atoms with van der Waals surface area (Å²) in [7, 11) is 0. The number of urea groups is 1. The van der Waals surface area contributed by atoms with E-state index in [0.717, 1.165) is 12.8 Å². The molecular formula is C23H32N2O3. The number of carbonyl (C=O) groups excluding carboxylic acids is 1. The minimum absolute atomic E-state index is 0.0942. The molecule has 0 radical (unpaired) electrons. The summed E-state index contributed by atoms with van der Waals surface area (Å²) < 4.78 is 0. The van der Waals surface area contributed by atoms with Gasteiger partial charge in [-0.2, -0.15) is 0 Å². The summed E-state index contributed by atoms with van der Waals surface area (Å²) in [6.07, 6.45) is 17.1. The fraction of sp³-hybridized carbons (Fsp3) is 0.391. The maximum atomic E-state index is 12.7. The maximum Gasteiger partial charge on any atom is 0.337 e. The number of amides is 2. The average Bonchev–Trinajstić information content (AvgIpc) is 2.90. The number of hydrogen-bond acceptors (Lipinski definition) is 2. The summed E-state index contributed by atoms with van der Waals surface area (Å²) in [4.78, 5) is 25.9. The third-order valence-corrected chi connectivity index (χ3v) is 4.44. The van der Waals surface area contributed by atoms with Crippen molar-refractivity contribution in [3.63, 3.8) is 0 Å². The molecule has 1 aliphatic rings. The monoisotopic (exact) mass is 384 g/mol. The first-order valence-electron chi connectivity index (χ1n) is 9.73. The number of carboxylic acid groups (broad SMARTS) is 1. The summed E-state index contributed by atoms with van der Waals surface area (Å²) in [5.41, 5.74) is 1.63. The summed E-state index contributed by atoms with van der Waals surface area (Å²) in [6, 6.07) is -0.279. The van der Waals surface area contributed by atoms with Gasteiger partial charge in [-0.15, -0.1) is 0 Å². The molecule has 152 valence electrons. The van der Waals surface area contributed by atoms with Crippen molar-refractivity contribution < 1.29 is 14.7 Å². The molecule has 0 aromatic heterocycles. The second-order valence-electron chi connectivity index (χ2n) is 6.76. The van der Waals surface area contributed by atoms with Crippen LogP contribution < -0.4 is 5.32 Å². The van der Waals surface area contributed by atoms with Crippen LogP contribution in [0.4, 0.5) is 4.79 Å². The zero-order valence-corrected chi connectivity index (χ0v) is 17.1. The standard InChI is InChI=1S/C23H32N2O3/c1-5-11-19(12-6-2)16-15-18(4)17-25(7-3)23(28)24-21-14-10-8-9-13-20(21)22(26)27/h5-6,9-14,18H,1,7-8,15-17H2,2-4H3,(H,24,28)(H,26,27)/b12-6-,19-11+. The van der Waals surface area contributed by atoms with E-state index in [1.165, 1.54) is 11.6 Å². The first kappa shape index (κ1) is 23.2. The number of hydrogen-bond donors (Lipinski definition) is 2. The first-order chi connectivity index (χ1) is 13.4. The Labute approximate surface area is 168 Å². The topological polar surface area (TPSA) is 69.6 Å². The summed E-state index contributed by atoms with van der Waals surface area (Å²) in [5, 5.41) is 12.1. The van der Waals surface area contributed by atoms with Crippen LogP contribution >= 0.6 is 0 Å². The number of nitrogens with zero attached hydrogens (tertiary/aromatic N) is 1. The largest absolute Gasteiger partial charge is 0.478 e. The second kappa shape index (κ2) is 12.5. The Hall–Kier alpha value is -2.82. The first-order valence-corrected chi connectivity index (χ1v) is 9.73. The third kappa shape index (κ3) is 7.82. The number of aliphatic carboxylic acids is 1. The average molecular weight is 385 g/mol. The van der Waals surface area contributed by atoms with Crippen LogP contribution in [0.3, 0.4) is 0 Å². The molecule has 0 saturated carbocycles. The number of carboxylic acids is 1. The lowest BCUT2D eigenvalue weighted by Gasteiger charge is -2.25. The molecular weight excluding hydrogens is 352 g/mol. The molecule has 1 atom stereocenters. The lowest BCUT2D eigenvalue weighted by atomic mass is 10.00. The second-order valence-corrected chi connectivity index (χ2v) is 6.76. The lowest BCUT2D eigenvalue weighted by molar-refractivity contribution is -0.132. The Morgan fingerprint density at radius 1 is 1.36 bits per heavy atom.